The van der Waals surface area contributed by atoms with Gasteiger partial charge in [0.1, 0.15) is 17.1 Å². The van der Waals surface area contributed by atoms with Crippen molar-refractivity contribution in [3.63, 3.8) is 0 Å². The molecule has 0 fully saturated rings. The Hall–Kier alpha value is -3.17. The fourth-order valence-electron chi connectivity index (χ4n) is 3.06. The number of rotatable bonds is 6. The first-order valence-corrected chi connectivity index (χ1v) is 9.92. The van der Waals surface area contributed by atoms with E-state index in [2.05, 4.69) is 10.6 Å². The smallest absolute Gasteiger partial charge is 0.247 e. The van der Waals surface area contributed by atoms with Gasteiger partial charge in [-0.15, -0.1) is 11.3 Å². The molecular formula is C22H21N3O2S. The number of thiophene rings is 1. The lowest BCUT2D eigenvalue weighted by molar-refractivity contribution is -0.127. The molecule has 28 heavy (non-hydrogen) atoms. The van der Waals surface area contributed by atoms with Crippen molar-refractivity contribution in [1.29, 1.82) is 5.26 Å². The van der Waals surface area contributed by atoms with E-state index in [1.54, 1.807) is 11.4 Å². The van der Waals surface area contributed by atoms with Gasteiger partial charge in [0.05, 0.1) is 12.0 Å². The summed E-state index contributed by atoms with van der Waals surface area (Å²) >= 11 is 1.29. The molecule has 3 rings (SSSR count). The third-order valence-corrected chi connectivity index (χ3v) is 5.35. The zero-order valence-corrected chi connectivity index (χ0v) is 16.5. The average Bonchev–Trinajstić information content (AvgIpc) is 3.13. The summed E-state index contributed by atoms with van der Waals surface area (Å²) in [6, 6.07) is 16.8. The number of carbonyl (C=O) groups excluding carboxylic acids is 2. The van der Waals surface area contributed by atoms with E-state index in [0.717, 1.165) is 16.3 Å². The fourth-order valence-corrected chi connectivity index (χ4v) is 3.80. The van der Waals surface area contributed by atoms with Gasteiger partial charge in [-0.2, -0.15) is 5.26 Å². The molecule has 0 saturated carbocycles. The number of hydrogen-bond acceptors (Lipinski definition) is 4. The fraction of sp³-hybridized carbons (Fsp3) is 0.227. The van der Waals surface area contributed by atoms with Gasteiger partial charge in [0.15, 0.2) is 0 Å². The van der Waals surface area contributed by atoms with Gasteiger partial charge in [0.2, 0.25) is 11.8 Å². The molecule has 2 aromatic carbocycles. The first kappa shape index (κ1) is 19.6. The largest absolute Gasteiger partial charge is 0.344 e. The van der Waals surface area contributed by atoms with Crippen molar-refractivity contribution >= 4 is 38.9 Å². The molecule has 2 N–H and O–H groups in total. The first-order chi connectivity index (χ1) is 13.5. The molecule has 0 radical (unpaired) electrons. The predicted molar refractivity (Wildman–Crippen MR) is 112 cm³/mol. The average molecular weight is 391 g/mol. The van der Waals surface area contributed by atoms with E-state index >= 15 is 0 Å². The highest BCUT2D eigenvalue weighted by Crippen LogP contribution is 2.23. The van der Waals surface area contributed by atoms with E-state index < -0.39 is 6.04 Å². The molecule has 0 unspecified atom stereocenters. The molecule has 0 saturated heterocycles. The second-order valence-electron chi connectivity index (χ2n) is 6.87. The number of nitrogens with one attached hydrogen (secondary N) is 2. The zero-order chi connectivity index (χ0) is 20.1. The lowest BCUT2D eigenvalue weighted by atomic mass is 10.0. The van der Waals surface area contributed by atoms with Crippen LogP contribution in [0.25, 0.3) is 10.8 Å². The van der Waals surface area contributed by atoms with Crippen LogP contribution in [-0.4, -0.2) is 17.9 Å². The molecule has 0 aliphatic carbocycles. The van der Waals surface area contributed by atoms with Crippen LogP contribution in [0, 0.1) is 17.2 Å². The Kier molecular flexibility index (Phi) is 6.07. The maximum absolute atomic E-state index is 12.7. The molecule has 1 aromatic heterocycles. The Morgan fingerprint density at radius 1 is 1.11 bits per heavy atom. The van der Waals surface area contributed by atoms with Crippen LogP contribution in [0.4, 0.5) is 5.00 Å². The van der Waals surface area contributed by atoms with Crippen molar-refractivity contribution in [3.8, 4) is 6.07 Å². The highest BCUT2D eigenvalue weighted by atomic mass is 32.1. The van der Waals surface area contributed by atoms with Crippen molar-refractivity contribution in [2.75, 3.05) is 5.32 Å². The lowest BCUT2D eigenvalue weighted by Gasteiger charge is -2.21. The monoisotopic (exact) mass is 391 g/mol. The number of hydrogen-bond donors (Lipinski definition) is 2. The second kappa shape index (κ2) is 8.68. The molecule has 142 valence electrons. The molecule has 1 atom stereocenters. The molecule has 0 aliphatic rings. The van der Waals surface area contributed by atoms with Crippen LogP contribution in [0.5, 0.6) is 0 Å². The summed E-state index contributed by atoms with van der Waals surface area (Å²) in [4.78, 5) is 25.4. The Labute approximate surface area is 168 Å². The number of nitriles is 1. The minimum atomic E-state index is -0.684. The Morgan fingerprint density at radius 3 is 2.61 bits per heavy atom. The van der Waals surface area contributed by atoms with Crippen molar-refractivity contribution < 1.29 is 9.59 Å². The third-order valence-electron chi connectivity index (χ3n) is 4.52. The van der Waals surface area contributed by atoms with Crippen molar-refractivity contribution in [1.82, 2.24) is 5.32 Å². The third kappa shape index (κ3) is 4.38. The minimum Gasteiger partial charge on any atom is -0.344 e. The van der Waals surface area contributed by atoms with E-state index in [4.69, 9.17) is 5.26 Å². The zero-order valence-electron chi connectivity index (χ0n) is 15.7. The standard InChI is InChI=1S/C22H21N3O2S/c1-14(2)20(21(27)25-22-17(13-23)10-11-28-22)24-19(26)12-16-8-5-7-15-6-3-4-9-18(15)16/h3-11,14,20H,12H2,1-2H3,(H,24,26)(H,25,27)/t20-/m0/s1. The lowest BCUT2D eigenvalue weighted by Crippen LogP contribution is -2.47. The van der Waals surface area contributed by atoms with Crippen LogP contribution in [0.3, 0.4) is 0 Å². The van der Waals surface area contributed by atoms with Gasteiger partial charge in [-0.3, -0.25) is 9.59 Å². The molecular weight excluding hydrogens is 370 g/mol. The van der Waals surface area contributed by atoms with Crippen molar-refractivity contribution in [2.45, 2.75) is 26.3 Å². The van der Waals surface area contributed by atoms with E-state index in [0.29, 0.717) is 10.6 Å². The Balaban J connectivity index is 1.72. The normalized spacial score (nSPS) is 11.8. The van der Waals surface area contributed by atoms with Crippen LogP contribution < -0.4 is 10.6 Å². The van der Waals surface area contributed by atoms with Crippen molar-refractivity contribution in [2.24, 2.45) is 5.92 Å². The van der Waals surface area contributed by atoms with E-state index in [9.17, 15) is 9.59 Å². The van der Waals surface area contributed by atoms with Crippen LogP contribution in [0.1, 0.15) is 25.0 Å². The summed E-state index contributed by atoms with van der Waals surface area (Å²) < 4.78 is 0. The first-order valence-electron chi connectivity index (χ1n) is 9.04. The number of nitrogens with zero attached hydrogens (tertiary/aromatic N) is 1. The molecule has 2 amide bonds. The van der Waals surface area contributed by atoms with Gasteiger partial charge in [0.25, 0.3) is 0 Å². The predicted octanol–water partition coefficient (Wildman–Crippen LogP) is 4.09. The van der Waals surface area contributed by atoms with Gasteiger partial charge in [0, 0.05) is 0 Å². The summed E-state index contributed by atoms with van der Waals surface area (Å²) in [5.41, 5.74) is 1.34. The topological polar surface area (TPSA) is 82.0 Å². The second-order valence-corrected chi connectivity index (χ2v) is 7.78. The molecule has 3 aromatic rings. The van der Waals surface area contributed by atoms with Crippen LogP contribution >= 0.6 is 11.3 Å². The summed E-state index contributed by atoms with van der Waals surface area (Å²) in [5.74, 6) is -0.626. The van der Waals surface area contributed by atoms with E-state index in [-0.39, 0.29) is 24.2 Å². The number of amides is 2. The molecule has 1 heterocycles. The Morgan fingerprint density at radius 2 is 1.86 bits per heavy atom. The van der Waals surface area contributed by atoms with Crippen LogP contribution in [-0.2, 0) is 16.0 Å². The van der Waals surface area contributed by atoms with Crippen LogP contribution in [0.15, 0.2) is 53.9 Å². The summed E-state index contributed by atoms with van der Waals surface area (Å²) in [6.07, 6.45) is 0.195. The number of carbonyl (C=O) groups is 2. The molecule has 0 spiro atoms. The molecule has 0 bridgehead atoms. The Bertz CT molecular complexity index is 1040. The molecule has 5 nitrogen and oxygen atoms in total. The van der Waals surface area contributed by atoms with E-state index in [1.807, 2.05) is 62.4 Å². The highest BCUT2D eigenvalue weighted by molar-refractivity contribution is 7.14. The number of fused-ring (bicyclic) bond motifs is 1. The van der Waals surface area contributed by atoms with Crippen molar-refractivity contribution in [3.05, 3.63) is 65.0 Å². The maximum atomic E-state index is 12.7. The highest BCUT2D eigenvalue weighted by Gasteiger charge is 2.25. The quantitative estimate of drug-likeness (QED) is 0.664. The van der Waals surface area contributed by atoms with Gasteiger partial charge in [-0.05, 0) is 33.7 Å². The SMILES string of the molecule is CC(C)[C@H](NC(=O)Cc1cccc2ccccc12)C(=O)Nc1sccc1C#N. The van der Waals surface area contributed by atoms with Gasteiger partial charge in [-0.1, -0.05) is 56.3 Å². The van der Waals surface area contributed by atoms with Crippen LogP contribution in [0.2, 0.25) is 0 Å². The van der Waals surface area contributed by atoms with Gasteiger partial charge >= 0.3 is 0 Å². The van der Waals surface area contributed by atoms with Gasteiger partial charge < -0.3 is 10.6 Å². The minimum absolute atomic E-state index is 0.0954. The molecule has 0 aliphatic heterocycles. The number of anilines is 1. The molecule has 6 heteroatoms. The number of benzene rings is 2. The maximum Gasteiger partial charge on any atom is 0.247 e. The van der Waals surface area contributed by atoms with E-state index in [1.165, 1.54) is 11.3 Å². The van der Waals surface area contributed by atoms with Gasteiger partial charge in [-0.25, -0.2) is 0 Å². The summed E-state index contributed by atoms with van der Waals surface area (Å²) in [6.45, 7) is 3.75. The summed E-state index contributed by atoms with van der Waals surface area (Å²) in [5, 5.41) is 19.1. The summed E-state index contributed by atoms with van der Waals surface area (Å²) in [7, 11) is 0.